The number of nitrogens with zero attached hydrogens (tertiary/aromatic N) is 1. The van der Waals surface area contributed by atoms with Crippen LogP contribution in [0.1, 0.15) is 50.9 Å². The van der Waals surface area contributed by atoms with E-state index >= 15 is 0 Å². The number of esters is 1. The zero-order valence-electron chi connectivity index (χ0n) is 19.7. The van der Waals surface area contributed by atoms with Crippen molar-refractivity contribution in [2.75, 3.05) is 19.0 Å². The topological polar surface area (TPSA) is 77.5 Å². The van der Waals surface area contributed by atoms with Crippen molar-refractivity contribution in [1.82, 2.24) is 4.98 Å². The number of amides is 1. The van der Waals surface area contributed by atoms with Crippen LogP contribution in [-0.2, 0) is 17.6 Å². The first kappa shape index (κ1) is 23.1. The molecule has 0 spiro atoms. The lowest BCUT2D eigenvalue weighted by molar-refractivity contribution is 0.0601. The molecule has 0 fully saturated rings. The summed E-state index contributed by atoms with van der Waals surface area (Å²) in [6.45, 7) is 2.50. The predicted octanol–water partition coefficient (Wildman–Crippen LogP) is 6.28. The first-order chi connectivity index (χ1) is 17.1. The van der Waals surface area contributed by atoms with Crippen LogP contribution in [-0.4, -0.2) is 30.6 Å². The number of nitrogens with one attached hydrogen (secondary N) is 1. The van der Waals surface area contributed by atoms with Crippen molar-refractivity contribution in [1.29, 1.82) is 0 Å². The first-order valence-corrected chi connectivity index (χ1v) is 12.6. The number of pyridine rings is 1. The molecule has 4 aromatic rings. The van der Waals surface area contributed by atoms with Gasteiger partial charge in [0.2, 0.25) is 0 Å². The summed E-state index contributed by atoms with van der Waals surface area (Å²) in [5.41, 5.74) is 4.25. The number of ether oxygens (including phenoxy) is 2. The van der Waals surface area contributed by atoms with E-state index in [0.717, 1.165) is 58.3 Å². The van der Waals surface area contributed by atoms with Crippen LogP contribution in [0.4, 0.5) is 5.00 Å². The van der Waals surface area contributed by atoms with Crippen LogP contribution in [0.25, 0.3) is 22.2 Å². The van der Waals surface area contributed by atoms with Crippen LogP contribution in [0.2, 0.25) is 0 Å². The van der Waals surface area contributed by atoms with Crippen LogP contribution >= 0.6 is 11.3 Å². The second-order valence-corrected chi connectivity index (χ2v) is 9.50. The SMILES string of the molecule is CCOc1cccc(-c2cc(C(=O)Nc3sc4c(c3C(=O)OC)CCCC4)c3ccccc3n2)c1. The van der Waals surface area contributed by atoms with E-state index in [9.17, 15) is 9.59 Å². The number of para-hydroxylation sites is 1. The van der Waals surface area contributed by atoms with Gasteiger partial charge in [0.1, 0.15) is 10.8 Å². The molecular formula is C28H26N2O4S. The molecule has 0 bridgehead atoms. The van der Waals surface area contributed by atoms with Crippen molar-refractivity contribution < 1.29 is 19.1 Å². The molecule has 1 aliphatic rings. The highest BCUT2D eigenvalue weighted by atomic mass is 32.1. The van der Waals surface area contributed by atoms with Crippen molar-refractivity contribution in [3.05, 3.63) is 76.2 Å². The minimum atomic E-state index is -0.410. The Morgan fingerprint density at radius 3 is 2.71 bits per heavy atom. The van der Waals surface area contributed by atoms with Gasteiger partial charge >= 0.3 is 5.97 Å². The number of aryl methyl sites for hydroxylation is 1. The summed E-state index contributed by atoms with van der Waals surface area (Å²) >= 11 is 1.48. The maximum absolute atomic E-state index is 13.6. The van der Waals surface area contributed by atoms with Crippen LogP contribution in [0.15, 0.2) is 54.6 Å². The third-order valence-corrected chi connectivity index (χ3v) is 7.40. The number of methoxy groups -OCH3 is 1. The monoisotopic (exact) mass is 486 g/mol. The third-order valence-electron chi connectivity index (χ3n) is 6.19. The zero-order valence-corrected chi connectivity index (χ0v) is 20.5. The molecule has 35 heavy (non-hydrogen) atoms. The summed E-state index contributed by atoms with van der Waals surface area (Å²) in [4.78, 5) is 32.2. The van der Waals surface area contributed by atoms with E-state index in [2.05, 4.69) is 5.32 Å². The quantitative estimate of drug-likeness (QED) is 0.325. The number of fused-ring (bicyclic) bond motifs is 2. The van der Waals surface area contributed by atoms with Gasteiger partial charge in [0.25, 0.3) is 5.91 Å². The number of aromatic nitrogens is 1. The summed E-state index contributed by atoms with van der Waals surface area (Å²) in [6, 6.07) is 17.1. The maximum Gasteiger partial charge on any atom is 0.341 e. The Labute approximate surface area is 207 Å². The molecule has 1 amide bonds. The standard InChI is InChI=1S/C28H26N2O4S/c1-3-34-18-10-8-9-17(15-18)23-16-21(19-11-4-6-13-22(19)29-23)26(31)30-27-25(28(32)33-2)20-12-5-7-14-24(20)35-27/h4,6,8-11,13,15-16H,3,5,7,12,14H2,1-2H3,(H,30,31). The van der Waals surface area contributed by atoms with Gasteiger partial charge in [-0.15, -0.1) is 11.3 Å². The molecular weight excluding hydrogens is 460 g/mol. The first-order valence-electron chi connectivity index (χ1n) is 11.8. The van der Waals surface area contributed by atoms with Gasteiger partial charge in [-0.3, -0.25) is 4.79 Å². The second kappa shape index (κ2) is 9.88. The fourth-order valence-corrected chi connectivity index (χ4v) is 5.84. The average molecular weight is 487 g/mol. The molecule has 0 aliphatic heterocycles. The fraction of sp³-hybridized carbons (Fsp3) is 0.250. The molecule has 178 valence electrons. The van der Waals surface area contributed by atoms with Gasteiger partial charge in [-0.05, 0) is 62.4 Å². The van der Waals surface area contributed by atoms with Crippen molar-refractivity contribution >= 4 is 39.1 Å². The van der Waals surface area contributed by atoms with E-state index in [-0.39, 0.29) is 5.91 Å². The highest BCUT2D eigenvalue weighted by molar-refractivity contribution is 7.17. The summed E-state index contributed by atoms with van der Waals surface area (Å²) < 4.78 is 10.7. The van der Waals surface area contributed by atoms with Crippen molar-refractivity contribution in [2.45, 2.75) is 32.6 Å². The fourth-order valence-electron chi connectivity index (χ4n) is 4.57. The average Bonchev–Trinajstić information content (AvgIpc) is 3.25. The summed E-state index contributed by atoms with van der Waals surface area (Å²) in [5.74, 6) is 0.0557. The van der Waals surface area contributed by atoms with E-state index in [1.165, 1.54) is 18.4 Å². The van der Waals surface area contributed by atoms with Crippen molar-refractivity contribution in [2.24, 2.45) is 0 Å². The number of carbonyl (C=O) groups excluding carboxylic acids is 2. The highest BCUT2D eigenvalue weighted by Crippen LogP contribution is 2.39. The Morgan fingerprint density at radius 2 is 1.89 bits per heavy atom. The molecule has 0 unspecified atom stereocenters. The summed E-state index contributed by atoms with van der Waals surface area (Å²) in [6.07, 6.45) is 3.85. The molecule has 2 heterocycles. The maximum atomic E-state index is 13.6. The smallest absolute Gasteiger partial charge is 0.341 e. The molecule has 0 radical (unpaired) electrons. The number of hydrogen-bond donors (Lipinski definition) is 1. The molecule has 2 aromatic carbocycles. The number of thiophene rings is 1. The molecule has 6 nitrogen and oxygen atoms in total. The molecule has 0 atom stereocenters. The molecule has 1 N–H and O–H groups in total. The van der Waals surface area contributed by atoms with Crippen LogP contribution in [0.5, 0.6) is 5.75 Å². The number of benzene rings is 2. The lowest BCUT2D eigenvalue weighted by Crippen LogP contribution is -2.16. The van der Waals surface area contributed by atoms with Gasteiger partial charge in [-0.1, -0.05) is 30.3 Å². The van der Waals surface area contributed by atoms with Crippen LogP contribution < -0.4 is 10.1 Å². The lowest BCUT2D eigenvalue weighted by atomic mass is 9.95. The summed E-state index contributed by atoms with van der Waals surface area (Å²) in [7, 11) is 1.37. The van der Waals surface area contributed by atoms with E-state index < -0.39 is 5.97 Å². The van der Waals surface area contributed by atoms with E-state index in [1.54, 1.807) is 6.07 Å². The van der Waals surface area contributed by atoms with Crippen LogP contribution in [0, 0.1) is 0 Å². The molecule has 2 aromatic heterocycles. The Bertz CT molecular complexity index is 1430. The van der Waals surface area contributed by atoms with Gasteiger partial charge in [-0.2, -0.15) is 0 Å². The Balaban J connectivity index is 1.57. The van der Waals surface area contributed by atoms with E-state index in [4.69, 9.17) is 14.5 Å². The molecule has 0 saturated heterocycles. The third kappa shape index (κ3) is 4.51. The molecule has 0 saturated carbocycles. The number of carbonyl (C=O) groups is 2. The zero-order chi connectivity index (χ0) is 24.4. The van der Waals surface area contributed by atoms with Gasteiger partial charge in [-0.25, -0.2) is 9.78 Å². The van der Waals surface area contributed by atoms with Crippen LogP contribution in [0.3, 0.4) is 0 Å². The van der Waals surface area contributed by atoms with Gasteiger partial charge in [0, 0.05) is 15.8 Å². The Morgan fingerprint density at radius 1 is 1.06 bits per heavy atom. The van der Waals surface area contributed by atoms with Gasteiger partial charge < -0.3 is 14.8 Å². The predicted molar refractivity (Wildman–Crippen MR) is 139 cm³/mol. The van der Waals surface area contributed by atoms with Crippen molar-refractivity contribution in [3.63, 3.8) is 0 Å². The van der Waals surface area contributed by atoms with E-state index in [1.807, 2.05) is 55.5 Å². The summed E-state index contributed by atoms with van der Waals surface area (Å²) in [5, 5.41) is 4.32. The minimum absolute atomic E-state index is 0.283. The lowest BCUT2D eigenvalue weighted by Gasteiger charge is -2.12. The second-order valence-electron chi connectivity index (χ2n) is 8.39. The normalized spacial score (nSPS) is 12.7. The highest BCUT2D eigenvalue weighted by Gasteiger charge is 2.27. The Hall–Kier alpha value is -3.71. The minimum Gasteiger partial charge on any atom is -0.494 e. The number of anilines is 1. The Kier molecular flexibility index (Phi) is 6.51. The molecule has 1 aliphatic carbocycles. The molecule has 7 heteroatoms. The van der Waals surface area contributed by atoms with Crippen molar-refractivity contribution in [3.8, 4) is 17.0 Å². The largest absolute Gasteiger partial charge is 0.494 e. The van der Waals surface area contributed by atoms with Gasteiger partial charge in [0.15, 0.2) is 0 Å². The molecule has 5 rings (SSSR count). The number of hydrogen-bond acceptors (Lipinski definition) is 6. The number of rotatable bonds is 6. The van der Waals surface area contributed by atoms with Gasteiger partial charge in [0.05, 0.1) is 36.1 Å². The van der Waals surface area contributed by atoms with E-state index in [0.29, 0.717) is 28.4 Å².